The molecule has 0 aromatic heterocycles. The molecule has 0 spiro atoms. The largest absolute Gasteiger partial charge is 0.394 e. The Labute approximate surface area is 307 Å². The summed E-state index contributed by atoms with van der Waals surface area (Å²) in [6.45, 7) is 4.31. The van der Waals surface area contributed by atoms with Gasteiger partial charge in [0.2, 0.25) is 5.91 Å². The Kier molecular flexibility index (Phi) is 40.3. The van der Waals surface area contributed by atoms with Gasteiger partial charge in [0.1, 0.15) is 0 Å². The number of unbranched alkanes of at least 4 members (excludes halogenated alkanes) is 31. The second-order valence-corrected chi connectivity index (χ2v) is 15.1. The quantitative estimate of drug-likeness (QED) is 0.0443. The molecule has 1 amide bonds. The van der Waals surface area contributed by atoms with E-state index in [4.69, 9.17) is 0 Å². The number of amides is 1. The molecule has 4 nitrogen and oxygen atoms in total. The van der Waals surface area contributed by atoms with E-state index >= 15 is 0 Å². The first-order valence-corrected chi connectivity index (χ1v) is 22.1. The molecular formula is C45H87NO3. The average molecular weight is 690 g/mol. The molecule has 0 aliphatic carbocycles. The van der Waals surface area contributed by atoms with Gasteiger partial charge in [-0.15, -0.1) is 0 Å². The SMILES string of the molecule is CCCCCCCCCCCCC/C=C/C(O)C(CO)NC(=O)CCCCCCCCCC/C=C\CCCCCCCCCCCCCC. The molecular weight excluding hydrogens is 602 g/mol. The first-order chi connectivity index (χ1) is 24.2. The van der Waals surface area contributed by atoms with Crippen molar-refractivity contribution in [2.75, 3.05) is 6.61 Å². The second kappa shape index (κ2) is 41.3. The Hall–Kier alpha value is -1.13. The summed E-state index contributed by atoms with van der Waals surface area (Å²) in [5.41, 5.74) is 0. The monoisotopic (exact) mass is 690 g/mol. The third-order valence-electron chi connectivity index (χ3n) is 10.2. The number of rotatable bonds is 40. The van der Waals surface area contributed by atoms with Crippen molar-refractivity contribution in [1.29, 1.82) is 0 Å². The summed E-state index contributed by atoms with van der Waals surface area (Å²) in [5.74, 6) is -0.0660. The van der Waals surface area contributed by atoms with Crippen LogP contribution in [0.4, 0.5) is 0 Å². The molecule has 0 heterocycles. The van der Waals surface area contributed by atoms with Gasteiger partial charge in [0.25, 0.3) is 0 Å². The smallest absolute Gasteiger partial charge is 0.220 e. The van der Waals surface area contributed by atoms with Gasteiger partial charge in [0.15, 0.2) is 0 Å². The number of carbonyl (C=O) groups is 1. The lowest BCUT2D eigenvalue weighted by molar-refractivity contribution is -0.123. The number of aliphatic hydroxyl groups is 2. The van der Waals surface area contributed by atoms with Crippen LogP contribution >= 0.6 is 0 Å². The van der Waals surface area contributed by atoms with Crippen LogP contribution in [0.2, 0.25) is 0 Å². The van der Waals surface area contributed by atoms with Gasteiger partial charge in [-0.1, -0.05) is 212 Å². The summed E-state index contributed by atoms with van der Waals surface area (Å²) in [4.78, 5) is 12.4. The fourth-order valence-corrected chi connectivity index (χ4v) is 6.76. The van der Waals surface area contributed by atoms with Gasteiger partial charge < -0.3 is 15.5 Å². The van der Waals surface area contributed by atoms with Crippen molar-refractivity contribution in [3.05, 3.63) is 24.3 Å². The number of aliphatic hydroxyl groups excluding tert-OH is 2. The van der Waals surface area contributed by atoms with Crippen molar-refractivity contribution in [3.8, 4) is 0 Å². The molecule has 2 unspecified atom stereocenters. The van der Waals surface area contributed by atoms with E-state index in [0.717, 1.165) is 25.7 Å². The Morgan fingerprint density at radius 2 is 0.776 bits per heavy atom. The molecule has 0 saturated carbocycles. The molecule has 0 radical (unpaired) electrons. The van der Waals surface area contributed by atoms with E-state index in [1.807, 2.05) is 6.08 Å². The molecule has 0 aromatic carbocycles. The molecule has 0 aromatic rings. The minimum Gasteiger partial charge on any atom is -0.394 e. The van der Waals surface area contributed by atoms with Crippen LogP contribution in [-0.2, 0) is 4.79 Å². The van der Waals surface area contributed by atoms with Gasteiger partial charge in [-0.3, -0.25) is 4.79 Å². The van der Waals surface area contributed by atoms with Crippen molar-refractivity contribution >= 4 is 5.91 Å². The molecule has 0 rings (SSSR count). The lowest BCUT2D eigenvalue weighted by Crippen LogP contribution is -2.45. The second-order valence-electron chi connectivity index (χ2n) is 15.1. The lowest BCUT2D eigenvalue weighted by Gasteiger charge is -2.20. The first kappa shape index (κ1) is 47.9. The Morgan fingerprint density at radius 3 is 1.12 bits per heavy atom. The minimum absolute atomic E-state index is 0.0660. The predicted molar refractivity (Wildman–Crippen MR) is 216 cm³/mol. The van der Waals surface area contributed by atoms with Crippen LogP contribution in [0.1, 0.15) is 239 Å². The molecule has 0 bridgehead atoms. The highest BCUT2D eigenvalue weighted by molar-refractivity contribution is 5.76. The molecule has 49 heavy (non-hydrogen) atoms. The number of allylic oxidation sites excluding steroid dienone is 3. The summed E-state index contributed by atoms with van der Waals surface area (Å²) in [5, 5.41) is 23.0. The van der Waals surface area contributed by atoms with Gasteiger partial charge in [0.05, 0.1) is 18.8 Å². The van der Waals surface area contributed by atoms with Crippen LogP contribution in [0.5, 0.6) is 0 Å². The van der Waals surface area contributed by atoms with Crippen molar-refractivity contribution in [1.82, 2.24) is 5.32 Å². The third-order valence-corrected chi connectivity index (χ3v) is 10.2. The van der Waals surface area contributed by atoms with Gasteiger partial charge in [-0.05, 0) is 44.9 Å². The molecule has 3 N–H and O–H groups in total. The van der Waals surface area contributed by atoms with Crippen LogP contribution in [0, 0.1) is 0 Å². The first-order valence-electron chi connectivity index (χ1n) is 22.1. The highest BCUT2D eigenvalue weighted by atomic mass is 16.3. The Morgan fingerprint density at radius 1 is 0.469 bits per heavy atom. The third kappa shape index (κ3) is 37.9. The standard InChI is InChI=1S/C45H87NO3/c1-3-5-7-9-11-13-15-17-18-19-20-21-22-23-24-25-26-27-29-31-33-35-37-39-41-45(49)46-43(42-47)44(48)40-38-36-34-32-30-28-16-14-12-10-8-6-4-2/h23-24,38,40,43-44,47-48H,3-22,25-37,39,41-42H2,1-2H3,(H,46,49)/b24-23-,40-38+. The summed E-state index contributed by atoms with van der Waals surface area (Å²) < 4.78 is 0. The number of hydrogen-bond acceptors (Lipinski definition) is 3. The van der Waals surface area contributed by atoms with Crippen LogP contribution in [0.25, 0.3) is 0 Å². The normalized spacial score (nSPS) is 13.1. The molecule has 0 saturated heterocycles. The number of carbonyl (C=O) groups excluding carboxylic acids is 1. The summed E-state index contributed by atoms with van der Waals surface area (Å²) >= 11 is 0. The number of hydrogen-bond donors (Lipinski definition) is 3. The van der Waals surface area contributed by atoms with E-state index in [-0.39, 0.29) is 12.5 Å². The average Bonchev–Trinajstić information content (AvgIpc) is 3.10. The van der Waals surface area contributed by atoms with Crippen molar-refractivity contribution < 1.29 is 15.0 Å². The number of nitrogens with one attached hydrogen (secondary N) is 1. The van der Waals surface area contributed by atoms with Gasteiger partial charge in [-0.25, -0.2) is 0 Å². The van der Waals surface area contributed by atoms with Crippen LogP contribution < -0.4 is 5.32 Å². The molecule has 2 atom stereocenters. The molecule has 0 fully saturated rings. The maximum atomic E-state index is 12.4. The summed E-state index contributed by atoms with van der Waals surface area (Å²) in [6.07, 6.45) is 52.9. The zero-order valence-corrected chi connectivity index (χ0v) is 33.2. The van der Waals surface area contributed by atoms with Crippen molar-refractivity contribution in [2.24, 2.45) is 0 Å². The molecule has 4 heteroatoms. The van der Waals surface area contributed by atoms with Gasteiger partial charge >= 0.3 is 0 Å². The maximum Gasteiger partial charge on any atom is 0.220 e. The van der Waals surface area contributed by atoms with Crippen LogP contribution in [0.3, 0.4) is 0 Å². The van der Waals surface area contributed by atoms with E-state index in [0.29, 0.717) is 6.42 Å². The van der Waals surface area contributed by atoms with Crippen molar-refractivity contribution in [3.63, 3.8) is 0 Å². The highest BCUT2D eigenvalue weighted by Crippen LogP contribution is 2.15. The topological polar surface area (TPSA) is 69.6 Å². The zero-order valence-electron chi connectivity index (χ0n) is 33.2. The van der Waals surface area contributed by atoms with Crippen molar-refractivity contribution in [2.45, 2.75) is 251 Å². The van der Waals surface area contributed by atoms with Gasteiger partial charge in [-0.2, -0.15) is 0 Å². The maximum absolute atomic E-state index is 12.4. The van der Waals surface area contributed by atoms with E-state index < -0.39 is 12.1 Å². The van der Waals surface area contributed by atoms with E-state index in [1.54, 1.807) is 6.08 Å². The van der Waals surface area contributed by atoms with E-state index in [1.165, 1.54) is 193 Å². The van der Waals surface area contributed by atoms with Gasteiger partial charge in [0, 0.05) is 6.42 Å². The van der Waals surface area contributed by atoms with Crippen LogP contribution in [-0.4, -0.2) is 34.9 Å². The predicted octanol–water partition coefficient (Wildman–Crippen LogP) is 13.6. The minimum atomic E-state index is -0.837. The van der Waals surface area contributed by atoms with E-state index in [9.17, 15) is 15.0 Å². The lowest BCUT2D eigenvalue weighted by atomic mass is 10.0. The fourth-order valence-electron chi connectivity index (χ4n) is 6.76. The summed E-state index contributed by atoms with van der Waals surface area (Å²) in [7, 11) is 0. The molecule has 0 aliphatic rings. The Balaban J connectivity index is 3.52. The molecule has 290 valence electrons. The van der Waals surface area contributed by atoms with Crippen LogP contribution in [0.15, 0.2) is 24.3 Å². The van der Waals surface area contributed by atoms with E-state index in [2.05, 4.69) is 31.3 Å². The fraction of sp³-hybridized carbons (Fsp3) is 0.889. The highest BCUT2D eigenvalue weighted by Gasteiger charge is 2.17. The summed E-state index contributed by atoms with van der Waals surface area (Å²) in [6, 6.07) is -0.620. The Bertz CT molecular complexity index is 705. The zero-order chi connectivity index (χ0) is 35.7. The molecule has 0 aliphatic heterocycles.